The Morgan fingerprint density at radius 2 is 1.81 bits per heavy atom. The molecule has 0 amide bonds. The molecule has 1 aromatic carbocycles. The van der Waals surface area contributed by atoms with Gasteiger partial charge in [0.15, 0.2) is 0 Å². The van der Waals surface area contributed by atoms with E-state index in [0.717, 1.165) is 25.0 Å². The van der Waals surface area contributed by atoms with Crippen LogP contribution in [0.1, 0.15) is 51.5 Å². The van der Waals surface area contributed by atoms with E-state index in [4.69, 9.17) is 0 Å². The molecular formula is C19H32N2. The van der Waals surface area contributed by atoms with E-state index in [1.165, 1.54) is 49.9 Å². The number of anilines is 1. The fourth-order valence-electron chi connectivity index (χ4n) is 3.48. The highest BCUT2D eigenvalue weighted by molar-refractivity contribution is 5.47. The zero-order chi connectivity index (χ0) is 15.1. The quantitative estimate of drug-likeness (QED) is 0.801. The third kappa shape index (κ3) is 4.74. The van der Waals surface area contributed by atoms with Crippen LogP contribution in [-0.4, -0.2) is 25.7 Å². The average molecular weight is 288 g/mol. The first-order chi connectivity index (χ1) is 10.2. The molecule has 0 heterocycles. The van der Waals surface area contributed by atoms with Crippen LogP contribution < -0.4 is 10.2 Å². The van der Waals surface area contributed by atoms with Crippen LogP contribution in [0, 0.1) is 12.8 Å². The smallest absolute Gasteiger partial charge is 0.0366 e. The maximum atomic E-state index is 3.78. The van der Waals surface area contributed by atoms with Crippen molar-refractivity contribution in [2.24, 2.45) is 5.92 Å². The zero-order valence-corrected chi connectivity index (χ0v) is 14.1. The summed E-state index contributed by atoms with van der Waals surface area (Å²) < 4.78 is 0. The predicted octanol–water partition coefficient (Wildman–Crippen LogP) is 4.38. The molecule has 1 saturated carbocycles. The molecule has 0 radical (unpaired) electrons. The van der Waals surface area contributed by atoms with E-state index in [1.54, 1.807) is 0 Å². The lowest BCUT2D eigenvalue weighted by atomic mass is 9.84. The van der Waals surface area contributed by atoms with Crippen molar-refractivity contribution in [3.05, 3.63) is 29.8 Å². The molecule has 2 rings (SSSR count). The number of benzene rings is 1. The predicted molar refractivity (Wildman–Crippen MR) is 93.1 cm³/mol. The molecule has 0 saturated heterocycles. The van der Waals surface area contributed by atoms with Crippen LogP contribution in [0.4, 0.5) is 5.69 Å². The first-order valence-electron chi connectivity index (χ1n) is 8.79. The molecule has 2 nitrogen and oxygen atoms in total. The lowest BCUT2D eigenvalue weighted by molar-refractivity contribution is 0.265. The maximum Gasteiger partial charge on any atom is 0.0366 e. The fraction of sp³-hybridized carbons (Fsp3) is 0.684. The number of nitrogens with zero attached hydrogens (tertiary/aromatic N) is 1. The normalized spacial score (nSPS) is 22.2. The first kappa shape index (κ1) is 16.4. The third-order valence-corrected chi connectivity index (χ3v) is 4.80. The lowest BCUT2D eigenvalue weighted by Crippen LogP contribution is -2.44. The number of hydrogen-bond acceptors (Lipinski definition) is 2. The van der Waals surface area contributed by atoms with Gasteiger partial charge in [0.05, 0.1) is 0 Å². The van der Waals surface area contributed by atoms with Crippen LogP contribution in [0.25, 0.3) is 0 Å². The van der Waals surface area contributed by atoms with Gasteiger partial charge in [0.1, 0.15) is 0 Å². The SMILES string of the molecule is CCCNC1CCCCC1CN(CC)c1ccc(C)cc1. The van der Waals surface area contributed by atoms with Gasteiger partial charge < -0.3 is 10.2 Å². The van der Waals surface area contributed by atoms with Gasteiger partial charge in [-0.15, -0.1) is 0 Å². The number of aryl methyl sites for hydroxylation is 1. The molecule has 1 aliphatic rings. The van der Waals surface area contributed by atoms with Crippen molar-refractivity contribution in [2.75, 3.05) is 24.5 Å². The second kappa shape index (κ2) is 8.43. The molecule has 21 heavy (non-hydrogen) atoms. The number of hydrogen-bond donors (Lipinski definition) is 1. The third-order valence-electron chi connectivity index (χ3n) is 4.80. The second-order valence-corrected chi connectivity index (χ2v) is 6.48. The molecule has 0 spiro atoms. The van der Waals surface area contributed by atoms with Gasteiger partial charge >= 0.3 is 0 Å². The highest BCUT2D eigenvalue weighted by Gasteiger charge is 2.26. The monoisotopic (exact) mass is 288 g/mol. The topological polar surface area (TPSA) is 15.3 Å². The average Bonchev–Trinajstić information content (AvgIpc) is 2.52. The molecule has 0 aliphatic heterocycles. The Bertz CT molecular complexity index is 399. The van der Waals surface area contributed by atoms with E-state index < -0.39 is 0 Å². The van der Waals surface area contributed by atoms with E-state index in [9.17, 15) is 0 Å². The van der Waals surface area contributed by atoms with Gasteiger partial charge in [0.2, 0.25) is 0 Å². The largest absolute Gasteiger partial charge is 0.371 e. The summed E-state index contributed by atoms with van der Waals surface area (Å²) in [6.07, 6.45) is 6.77. The standard InChI is InChI=1S/C19H32N2/c1-4-14-20-19-9-7-6-8-17(19)15-21(5-2)18-12-10-16(3)11-13-18/h10-13,17,19-20H,4-9,14-15H2,1-3H3. The summed E-state index contributed by atoms with van der Waals surface area (Å²) in [5, 5.41) is 3.78. The number of rotatable bonds is 7. The van der Waals surface area contributed by atoms with Crippen molar-refractivity contribution >= 4 is 5.69 Å². The Labute approximate surface area is 130 Å². The van der Waals surface area contributed by atoms with Gasteiger partial charge in [0.25, 0.3) is 0 Å². The minimum absolute atomic E-state index is 0.721. The number of nitrogens with one attached hydrogen (secondary N) is 1. The zero-order valence-electron chi connectivity index (χ0n) is 14.1. The van der Waals surface area contributed by atoms with Crippen molar-refractivity contribution in [3.63, 3.8) is 0 Å². The molecule has 1 N–H and O–H groups in total. The van der Waals surface area contributed by atoms with E-state index in [0.29, 0.717) is 0 Å². The van der Waals surface area contributed by atoms with Crippen LogP contribution >= 0.6 is 0 Å². The molecule has 0 aromatic heterocycles. The van der Waals surface area contributed by atoms with Crippen molar-refractivity contribution in [1.82, 2.24) is 5.32 Å². The van der Waals surface area contributed by atoms with Crippen LogP contribution in [0.2, 0.25) is 0 Å². The van der Waals surface area contributed by atoms with Gasteiger partial charge in [-0.2, -0.15) is 0 Å². The van der Waals surface area contributed by atoms with Crippen molar-refractivity contribution in [2.45, 2.75) is 58.9 Å². The summed E-state index contributed by atoms with van der Waals surface area (Å²) in [7, 11) is 0. The lowest BCUT2D eigenvalue weighted by Gasteiger charge is -2.36. The Balaban J connectivity index is 1.99. The fourth-order valence-corrected chi connectivity index (χ4v) is 3.48. The highest BCUT2D eigenvalue weighted by Crippen LogP contribution is 2.27. The van der Waals surface area contributed by atoms with Crippen LogP contribution in [0.15, 0.2) is 24.3 Å². The van der Waals surface area contributed by atoms with E-state index >= 15 is 0 Å². The van der Waals surface area contributed by atoms with Crippen LogP contribution in [0.5, 0.6) is 0 Å². The van der Waals surface area contributed by atoms with Gasteiger partial charge in [-0.05, 0) is 57.7 Å². The van der Waals surface area contributed by atoms with Gasteiger partial charge in [-0.25, -0.2) is 0 Å². The summed E-state index contributed by atoms with van der Waals surface area (Å²) in [6, 6.07) is 9.72. The molecule has 1 fully saturated rings. The highest BCUT2D eigenvalue weighted by atomic mass is 15.1. The van der Waals surface area contributed by atoms with Gasteiger partial charge in [0, 0.05) is 24.8 Å². The van der Waals surface area contributed by atoms with Gasteiger partial charge in [-0.1, -0.05) is 37.5 Å². The Morgan fingerprint density at radius 1 is 1.10 bits per heavy atom. The molecule has 1 aliphatic carbocycles. The van der Waals surface area contributed by atoms with E-state index in [1.807, 2.05) is 0 Å². The van der Waals surface area contributed by atoms with Gasteiger partial charge in [-0.3, -0.25) is 0 Å². The second-order valence-electron chi connectivity index (χ2n) is 6.48. The summed E-state index contributed by atoms with van der Waals surface area (Å²) in [6.45, 7) is 10.2. The summed E-state index contributed by atoms with van der Waals surface area (Å²) in [4.78, 5) is 2.55. The summed E-state index contributed by atoms with van der Waals surface area (Å²) in [5.41, 5.74) is 2.72. The van der Waals surface area contributed by atoms with E-state index in [-0.39, 0.29) is 0 Å². The van der Waals surface area contributed by atoms with Crippen molar-refractivity contribution in [3.8, 4) is 0 Å². The molecule has 2 heteroatoms. The first-order valence-corrected chi connectivity index (χ1v) is 8.79. The molecule has 2 unspecified atom stereocenters. The Hall–Kier alpha value is -1.02. The Morgan fingerprint density at radius 3 is 2.48 bits per heavy atom. The molecule has 2 atom stereocenters. The maximum absolute atomic E-state index is 3.78. The minimum Gasteiger partial charge on any atom is -0.371 e. The molecule has 1 aromatic rings. The van der Waals surface area contributed by atoms with Crippen LogP contribution in [-0.2, 0) is 0 Å². The van der Waals surface area contributed by atoms with E-state index in [2.05, 4.69) is 55.3 Å². The van der Waals surface area contributed by atoms with Crippen LogP contribution in [0.3, 0.4) is 0 Å². The van der Waals surface area contributed by atoms with Crippen molar-refractivity contribution < 1.29 is 0 Å². The summed E-state index contributed by atoms with van der Waals surface area (Å²) >= 11 is 0. The van der Waals surface area contributed by atoms with Crippen molar-refractivity contribution in [1.29, 1.82) is 0 Å². The summed E-state index contributed by atoms with van der Waals surface area (Å²) in [5.74, 6) is 0.798. The minimum atomic E-state index is 0.721. The molecule has 118 valence electrons. The Kier molecular flexibility index (Phi) is 6.56. The molecule has 0 bridgehead atoms. The molecular weight excluding hydrogens is 256 g/mol.